The minimum atomic E-state index is 0.249. The van der Waals surface area contributed by atoms with Crippen molar-refractivity contribution in [2.75, 3.05) is 38.0 Å². The third-order valence-corrected chi connectivity index (χ3v) is 6.59. The van der Waals surface area contributed by atoms with E-state index in [1.54, 1.807) is 0 Å². The molecule has 25 heavy (non-hydrogen) atoms. The average molecular weight is 339 g/mol. The number of aryl methyl sites for hydroxylation is 1. The Morgan fingerprint density at radius 3 is 2.92 bits per heavy atom. The third-order valence-electron chi connectivity index (χ3n) is 6.59. The van der Waals surface area contributed by atoms with Crippen molar-refractivity contribution in [1.82, 2.24) is 9.80 Å². The van der Waals surface area contributed by atoms with Crippen LogP contribution in [0.3, 0.4) is 0 Å². The van der Waals surface area contributed by atoms with Gasteiger partial charge in [0.2, 0.25) is 0 Å². The fraction of sp³-hybridized carbons (Fsp3) is 0.667. The molecule has 0 radical (unpaired) electrons. The Morgan fingerprint density at radius 2 is 2.04 bits per heavy atom. The second-order valence-electron chi connectivity index (χ2n) is 8.61. The van der Waals surface area contributed by atoms with Crippen molar-refractivity contribution in [2.45, 2.75) is 44.6 Å². The molecule has 5 aliphatic rings. The molecule has 1 amide bonds. The summed E-state index contributed by atoms with van der Waals surface area (Å²) in [5.74, 6) is 1.86. The van der Waals surface area contributed by atoms with Crippen molar-refractivity contribution in [2.24, 2.45) is 11.8 Å². The van der Waals surface area contributed by atoms with Crippen molar-refractivity contribution in [3.8, 4) is 0 Å². The maximum atomic E-state index is 13.2. The normalized spacial score (nSPS) is 29.0. The van der Waals surface area contributed by atoms with Crippen molar-refractivity contribution in [3.63, 3.8) is 0 Å². The molecule has 4 nitrogen and oxygen atoms in total. The first kappa shape index (κ1) is 15.7. The molecule has 4 fully saturated rings. The monoisotopic (exact) mass is 339 g/mol. The van der Waals surface area contributed by atoms with E-state index in [4.69, 9.17) is 0 Å². The van der Waals surface area contributed by atoms with Gasteiger partial charge in [0.05, 0.1) is 0 Å². The van der Waals surface area contributed by atoms with Gasteiger partial charge in [-0.05, 0) is 74.1 Å². The Balaban J connectivity index is 1.33. The predicted octanol–water partition coefficient (Wildman–Crippen LogP) is 2.99. The van der Waals surface area contributed by atoms with E-state index in [1.807, 2.05) is 6.07 Å². The molecule has 1 aliphatic carbocycles. The van der Waals surface area contributed by atoms with Gasteiger partial charge < -0.3 is 10.2 Å². The number of anilines is 1. The first-order valence-electron chi connectivity index (χ1n) is 10.2. The number of piperidine rings is 1. The Hall–Kier alpha value is -1.55. The van der Waals surface area contributed by atoms with Crippen LogP contribution in [-0.4, -0.2) is 54.5 Å². The lowest BCUT2D eigenvalue weighted by Crippen LogP contribution is -2.45. The van der Waals surface area contributed by atoms with Crippen LogP contribution in [0.15, 0.2) is 18.2 Å². The van der Waals surface area contributed by atoms with Crippen molar-refractivity contribution < 1.29 is 4.79 Å². The quantitative estimate of drug-likeness (QED) is 0.919. The van der Waals surface area contributed by atoms with Crippen LogP contribution >= 0.6 is 0 Å². The topological polar surface area (TPSA) is 35.6 Å². The van der Waals surface area contributed by atoms with E-state index in [1.165, 1.54) is 50.0 Å². The fourth-order valence-electron chi connectivity index (χ4n) is 4.99. The SMILES string of the molecule is O=C(c1ccc2c(c1)CCCN2)N1C[C@@H]2CC[C@H](C1)N(CC1CC1)C2. The van der Waals surface area contributed by atoms with Gasteiger partial charge in [-0.1, -0.05) is 0 Å². The predicted molar refractivity (Wildman–Crippen MR) is 100.0 cm³/mol. The smallest absolute Gasteiger partial charge is 0.253 e. The zero-order valence-electron chi connectivity index (χ0n) is 15.0. The minimum absolute atomic E-state index is 0.249. The largest absolute Gasteiger partial charge is 0.385 e. The Bertz CT molecular complexity index is 669. The van der Waals surface area contributed by atoms with E-state index in [0.29, 0.717) is 12.0 Å². The van der Waals surface area contributed by atoms with Gasteiger partial charge in [0.1, 0.15) is 0 Å². The second-order valence-corrected chi connectivity index (χ2v) is 8.61. The molecule has 4 heteroatoms. The van der Waals surface area contributed by atoms with Gasteiger partial charge in [-0.3, -0.25) is 9.69 Å². The summed E-state index contributed by atoms with van der Waals surface area (Å²) >= 11 is 0. The molecule has 2 bridgehead atoms. The summed E-state index contributed by atoms with van der Waals surface area (Å²) in [6.07, 6.45) is 7.65. The third kappa shape index (κ3) is 3.17. The molecule has 4 heterocycles. The van der Waals surface area contributed by atoms with E-state index in [0.717, 1.165) is 44.0 Å². The number of nitrogens with one attached hydrogen (secondary N) is 1. The van der Waals surface area contributed by atoms with E-state index in [9.17, 15) is 4.79 Å². The molecule has 3 saturated heterocycles. The van der Waals surface area contributed by atoms with Crippen molar-refractivity contribution >= 4 is 11.6 Å². The fourth-order valence-corrected chi connectivity index (χ4v) is 4.99. The standard InChI is InChI=1S/C21H29N3O/c25-21(18-6-8-20-17(10-18)2-1-9-22-20)24-13-16-5-7-19(14-24)23(12-16)11-15-3-4-15/h6,8,10,15-16,19,22H,1-5,7,9,11-14H2/t16-,19-/m1/s1. The number of carbonyl (C=O) groups excluding carboxylic acids is 1. The average Bonchev–Trinajstić information content (AvgIpc) is 3.48. The van der Waals surface area contributed by atoms with Crippen LogP contribution in [0, 0.1) is 11.8 Å². The Kier molecular flexibility index (Phi) is 3.96. The lowest BCUT2D eigenvalue weighted by Gasteiger charge is -2.36. The van der Waals surface area contributed by atoms with Crippen LogP contribution in [0.2, 0.25) is 0 Å². The van der Waals surface area contributed by atoms with Crippen LogP contribution < -0.4 is 5.32 Å². The van der Waals surface area contributed by atoms with E-state index in [-0.39, 0.29) is 5.91 Å². The van der Waals surface area contributed by atoms with E-state index in [2.05, 4.69) is 27.2 Å². The second kappa shape index (κ2) is 6.31. The number of fused-ring (bicyclic) bond motifs is 5. The summed E-state index contributed by atoms with van der Waals surface area (Å²) in [6, 6.07) is 6.85. The zero-order chi connectivity index (χ0) is 16.8. The Morgan fingerprint density at radius 1 is 1.12 bits per heavy atom. The summed E-state index contributed by atoms with van der Waals surface area (Å²) in [5, 5.41) is 3.44. The molecule has 2 atom stereocenters. The Labute approximate surface area is 150 Å². The molecule has 134 valence electrons. The van der Waals surface area contributed by atoms with Gasteiger partial charge in [-0.25, -0.2) is 0 Å². The summed E-state index contributed by atoms with van der Waals surface area (Å²) in [7, 11) is 0. The first-order chi connectivity index (χ1) is 12.3. The highest BCUT2D eigenvalue weighted by molar-refractivity contribution is 5.95. The minimum Gasteiger partial charge on any atom is -0.385 e. The van der Waals surface area contributed by atoms with Gasteiger partial charge in [-0.2, -0.15) is 0 Å². The number of rotatable bonds is 3. The number of nitrogens with zero attached hydrogens (tertiary/aromatic N) is 2. The highest BCUT2D eigenvalue weighted by Crippen LogP contribution is 2.35. The van der Waals surface area contributed by atoms with E-state index < -0.39 is 0 Å². The molecule has 4 aliphatic heterocycles. The molecule has 1 aromatic carbocycles. The summed E-state index contributed by atoms with van der Waals surface area (Å²) in [6.45, 7) is 5.41. The molecular formula is C21H29N3O. The highest BCUT2D eigenvalue weighted by Gasteiger charge is 2.38. The molecule has 1 aromatic rings. The zero-order valence-corrected chi connectivity index (χ0v) is 15.0. The number of benzene rings is 1. The summed E-state index contributed by atoms with van der Waals surface area (Å²) in [4.78, 5) is 18.0. The summed E-state index contributed by atoms with van der Waals surface area (Å²) in [5.41, 5.74) is 3.41. The first-order valence-corrected chi connectivity index (χ1v) is 10.2. The number of amides is 1. The van der Waals surface area contributed by atoms with Crippen LogP contribution in [0.5, 0.6) is 0 Å². The van der Waals surface area contributed by atoms with E-state index >= 15 is 0 Å². The lowest BCUT2D eigenvalue weighted by molar-refractivity contribution is 0.0736. The molecule has 6 rings (SSSR count). The molecule has 1 N–H and O–H groups in total. The van der Waals surface area contributed by atoms with Gasteiger partial charge in [0.25, 0.3) is 5.91 Å². The highest BCUT2D eigenvalue weighted by atomic mass is 16.2. The maximum absolute atomic E-state index is 13.2. The van der Waals surface area contributed by atoms with Crippen LogP contribution in [0.4, 0.5) is 5.69 Å². The number of hydrogen-bond donors (Lipinski definition) is 1. The van der Waals surface area contributed by atoms with Crippen LogP contribution in [-0.2, 0) is 6.42 Å². The van der Waals surface area contributed by atoms with Crippen LogP contribution in [0.25, 0.3) is 0 Å². The molecule has 0 spiro atoms. The van der Waals surface area contributed by atoms with Gasteiger partial charge in [-0.15, -0.1) is 0 Å². The number of carbonyl (C=O) groups is 1. The summed E-state index contributed by atoms with van der Waals surface area (Å²) < 4.78 is 0. The lowest BCUT2D eigenvalue weighted by atomic mass is 9.95. The number of hydrogen-bond acceptors (Lipinski definition) is 3. The van der Waals surface area contributed by atoms with Crippen molar-refractivity contribution in [3.05, 3.63) is 29.3 Å². The van der Waals surface area contributed by atoms with Gasteiger partial charge in [0, 0.05) is 50.0 Å². The molecule has 0 unspecified atom stereocenters. The van der Waals surface area contributed by atoms with Crippen molar-refractivity contribution in [1.29, 1.82) is 0 Å². The molecule has 0 aromatic heterocycles. The maximum Gasteiger partial charge on any atom is 0.253 e. The van der Waals surface area contributed by atoms with Gasteiger partial charge in [0.15, 0.2) is 0 Å². The molecule has 1 saturated carbocycles. The molecular weight excluding hydrogens is 310 g/mol. The van der Waals surface area contributed by atoms with Crippen LogP contribution in [0.1, 0.15) is 48.0 Å². The van der Waals surface area contributed by atoms with Gasteiger partial charge >= 0.3 is 0 Å².